The van der Waals surface area contributed by atoms with E-state index < -0.39 is 0 Å². The first-order valence-corrected chi connectivity index (χ1v) is 7.32. The van der Waals surface area contributed by atoms with Gasteiger partial charge in [-0.15, -0.1) is 6.58 Å². The molecule has 0 bridgehead atoms. The van der Waals surface area contributed by atoms with Gasteiger partial charge in [-0.2, -0.15) is 0 Å². The summed E-state index contributed by atoms with van der Waals surface area (Å²) in [6.45, 7) is 7.20. The number of nitrogens with one attached hydrogen (secondary N) is 1. The molecule has 1 aromatic carbocycles. The molecule has 1 N–H and O–H groups in total. The molecule has 0 aliphatic carbocycles. The summed E-state index contributed by atoms with van der Waals surface area (Å²) in [5.41, 5.74) is 1.73. The van der Waals surface area contributed by atoms with Crippen LogP contribution in [0.25, 0.3) is 10.9 Å². The molecule has 0 unspecified atom stereocenters. The van der Waals surface area contributed by atoms with Gasteiger partial charge in [-0.25, -0.2) is 0 Å². The Balaban J connectivity index is 2.13. The van der Waals surface area contributed by atoms with Gasteiger partial charge in [0.25, 0.3) is 5.56 Å². The van der Waals surface area contributed by atoms with Crippen LogP contribution in [0.4, 0.5) is 5.69 Å². The summed E-state index contributed by atoms with van der Waals surface area (Å²) in [4.78, 5) is 17.9. The Labute approximate surface area is 127 Å². The maximum absolute atomic E-state index is 12.6. The van der Waals surface area contributed by atoms with Gasteiger partial charge in [-0.05, 0) is 30.4 Å². The van der Waals surface area contributed by atoms with E-state index in [2.05, 4.69) is 16.5 Å². The molecule has 2 aromatic rings. The smallest absolute Gasteiger partial charge is 0.262 e. The minimum Gasteiger partial charge on any atom is -0.378 e. The second kappa shape index (κ2) is 5.83. The van der Waals surface area contributed by atoms with Crippen LogP contribution >= 0.6 is 12.2 Å². The number of rotatable bonds is 3. The Hall–Kier alpha value is -1.92. The largest absolute Gasteiger partial charge is 0.378 e. The number of benzene rings is 1. The van der Waals surface area contributed by atoms with E-state index in [0.29, 0.717) is 16.7 Å². The van der Waals surface area contributed by atoms with Crippen molar-refractivity contribution in [1.82, 2.24) is 9.55 Å². The molecular weight excluding hydrogens is 286 g/mol. The molecule has 1 fully saturated rings. The van der Waals surface area contributed by atoms with Gasteiger partial charge in [0.1, 0.15) is 0 Å². The molecule has 0 atom stereocenters. The minimum absolute atomic E-state index is 0.0799. The number of nitrogens with zero attached hydrogens (tertiary/aromatic N) is 2. The van der Waals surface area contributed by atoms with E-state index in [-0.39, 0.29) is 5.56 Å². The molecule has 110 valence electrons. The van der Waals surface area contributed by atoms with E-state index in [1.165, 1.54) is 4.57 Å². The van der Waals surface area contributed by atoms with Gasteiger partial charge < -0.3 is 14.6 Å². The summed E-state index contributed by atoms with van der Waals surface area (Å²) >= 11 is 5.22. The van der Waals surface area contributed by atoms with Crippen molar-refractivity contribution in [2.45, 2.75) is 6.54 Å². The van der Waals surface area contributed by atoms with Gasteiger partial charge in [0.15, 0.2) is 4.77 Å². The van der Waals surface area contributed by atoms with Gasteiger partial charge in [-0.3, -0.25) is 9.36 Å². The second-order valence-corrected chi connectivity index (χ2v) is 5.35. The Morgan fingerprint density at radius 3 is 2.86 bits per heavy atom. The van der Waals surface area contributed by atoms with Crippen LogP contribution in [0.5, 0.6) is 0 Å². The summed E-state index contributed by atoms with van der Waals surface area (Å²) in [6, 6.07) is 5.85. The fourth-order valence-corrected chi connectivity index (χ4v) is 2.82. The fraction of sp³-hybridized carbons (Fsp3) is 0.333. The molecule has 1 saturated heterocycles. The quantitative estimate of drug-likeness (QED) is 0.697. The van der Waals surface area contributed by atoms with Crippen LogP contribution in [-0.2, 0) is 11.3 Å². The maximum atomic E-state index is 12.6. The SMILES string of the molecule is C=CCn1c(=S)[nH]c2ccc(N3CCOCC3)cc2c1=O. The number of aromatic amines is 1. The van der Waals surface area contributed by atoms with Gasteiger partial charge >= 0.3 is 0 Å². The van der Waals surface area contributed by atoms with Crippen molar-refractivity contribution in [2.75, 3.05) is 31.2 Å². The number of ether oxygens (including phenoxy) is 1. The number of hydrogen-bond acceptors (Lipinski definition) is 4. The highest BCUT2D eigenvalue weighted by Gasteiger charge is 2.13. The van der Waals surface area contributed by atoms with Crippen LogP contribution in [0.3, 0.4) is 0 Å². The molecule has 5 nitrogen and oxygen atoms in total. The first-order chi connectivity index (χ1) is 10.2. The zero-order chi connectivity index (χ0) is 14.8. The highest BCUT2D eigenvalue weighted by Crippen LogP contribution is 2.20. The number of aromatic nitrogens is 2. The lowest BCUT2D eigenvalue weighted by molar-refractivity contribution is 0.122. The van der Waals surface area contributed by atoms with E-state index in [1.54, 1.807) is 6.08 Å². The number of allylic oxidation sites excluding steroid dienone is 1. The van der Waals surface area contributed by atoms with Crippen LogP contribution in [0.1, 0.15) is 0 Å². The highest BCUT2D eigenvalue weighted by molar-refractivity contribution is 7.71. The molecule has 1 aromatic heterocycles. The van der Waals surface area contributed by atoms with Crippen LogP contribution in [0.15, 0.2) is 35.6 Å². The molecule has 0 saturated carbocycles. The predicted molar refractivity (Wildman–Crippen MR) is 86.6 cm³/mol. The Morgan fingerprint density at radius 2 is 2.14 bits per heavy atom. The van der Waals surface area contributed by atoms with Crippen molar-refractivity contribution < 1.29 is 4.74 Å². The molecule has 2 heterocycles. The third-order valence-corrected chi connectivity index (χ3v) is 3.98. The van der Waals surface area contributed by atoms with Crippen molar-refractivity contribution in [1.29, 1.82) is 0 Å². The number of morpholine rings is 1. The molecule has 1 aliphatic rings. The molecular formula is C15H17N3O2S. The van der Waals surface area contributed by atoms with E-state index in [9.17, 15) is 4.79 Å². The zero-order valence-corrected chi connectivity index (χ0v) is 12.5. The summed E-state index contributed by atoms with van der Waals surface area (Å²) in [5, 5.41) is 0.648. The second-order valence-electron chi connectivity index (χ2n) is 4.96. The fourth-order valence-electron chi connectivity index (χ4n) is 2.55. The Morgan fingerprint density at radius 1 is 1.38 bits per heavy atom. The lowest BCUT2D eigenvalue weighted by atomic mass is 10.2. The first kappa shape index (κ1) is 14.0. The number of hydrogen-bond donors (Lipinski definition) is 1. The van der Waals surface area contributed by atoms with Crippen LogP contribution < -0.4 is 10.5 Å². The van der Waals surface area contributed by atoms with Gasteiger partial charge in [0.2, 0.25) is 0 Å². The molecule has 0 spiro atoms. The lowest BCUT2D eigenvalue weighted by Gasteiger charge is -2.29. The number of H-pyrrole nitrogens is 1. The Bertz CT molecular complexity index is 788. The molecule has 1 aliphatic heterocycles. The average molecular weight is 303 g/mol. The number of anilines is 1. The van der Waals surface area contributed by atoms with E-state index in [4.69, 9.17) is 17.0 Å². The van der Waals surface area contributed by atoms with Crippen molar-refractivity contribution in [3.63, 3.8) is 0 Å². The van der Waals surface area contributed by atoms with E-state index >= 15 is 0 Å². The third kappa shape index (κ3) is 2.64. The molecule has 3 rings (SSSR count). The van der Waals surface area contributed by atoms with Crippen molar-refractivity contribution in [2.24, 2.45) is 0 Å². The zero-order valence-electron chi connectivity index (χ0n) is 11.7. The van der Waals surface area contributed by atoms with Crippen molar-refractivity contribution in [3.8, 4) is 0 Å². The maximum Gasteiger partial charge on any atom is 0.262 e. The monoisotopic (exact) mass is 303 g/mol. The molecule has 21 heavy (non-hydrogen) atoms. The highest BCUT2D eigenvalue weighted by atomic mass is 32.1. The minimum atomic E-state index is -0.0799. The topological polar surface area (TPSA) is 50.3 Å². The van der Waals surface area contributed by atoms with E-state index in [1.807, 2.05) is 18.2 Å². The van der Waals surface area contributed by atoms with Crippen molar-refractivity contribution in [3.05, 3.63) is 46.0 Å². The summed E-state index contributed by atoms with van der Waals surface area (Å²) in [5.74, 6) is 0. The molecule has 0 radical (unpaired) electrons. The normalized spacial score (nSPS) is 15.3. The Kier molecular flexibility index (Phi) is 3.90. The van der Waals surface area contributed by atoms with Gasteiger partial charge in [0.05, 0.1) is 24.1 Å². The third-order valence-electron chi connectivity index (χ3n) is 3.65. The average Bonchev–Trinajstić information content (AvgIpc) is 2.52. The van der Waals surface area contributed by atoms with Crippen LogP contribution in [0.2, 0.25) is 0 Å². The van der Waals surface area contributed by atoms with Gasteiger partial charge in [-0.1, -0.05) is 6.08 Å². The first-order valence-electron chi connectivity index (χ1n) is 6.91. The molecule has 0 amide bonds. The number of fused-ring (bicyclic) bond motifs is 1. The standard InChI is InChI=1S/C15H17N3O2S/c1-2-5-18-14(19)12-10-11(17-6-8-20-9-7-17)3-4-13(12)16-15(18)21/h2-4,10H,1,5-9H2,(H,16,21). The van der Waals surface area contributed by atoms with Gasteiger partial charge in [0, 0.05) is 25.3 Å². The van der Waals surface area contributed by atoms with E-state index in [0.717, 1.165) is 37.5 Å². The summed E-state index contributed by atoms with van der Waals surface area (Å²) < 4.78 is 7.30. The van der Waals surface area contributed by atoms with Crippen molar-refractivity contribution >= 4 is 28.8 Å². The summed E-state index contributed by atoms with van der Waals surface area (Å²) in [7, 11) is 0. The summed E-state index contributed by atoms with van der Waals surface area (Å²) in [6.07, 6.45) is 1.67. The molecule has 6 heteroatoms. The lowest BCUT2D eigenvalue weighted by Crippen LogP contribution is -2.36. The van der Waals surface area contributed by atoms with Crippen LogP contribution in [-0.4, -0.2) is 35.9 Å². The van der Waals surface area contributed by atoms with Crippen LogP contribution in [0, 0.1) is 4.77 Å². The predicted octanol–water partition coefficient (Wildman–Crippen LogP) is 2.08.